The lowest BCUT2D eigenvalue weighted by atomic mass is 9.92. The summed E-state index contributed by atoms with van der Waals surface area (Å²) in [4.78, 5) is 24.5. The SMILES string of the molecule is COc1cc2c(cc1C(=O)N1CCC(Cc3ccn(C)n3)CC1)c(-c1ccnc(C(C)(C)O)n1)cn2C. The third-order valence-electron chi connectivity index (χ3n) is 7.19. The molecule has 1 aliphatic rings. The molecule has 1 fully saturated rings. The predicted molar refractivity (Wildman–Crippen MR) is 141 cm³/mol. The number of aliphatic hydroxyl groups is 1. The van der Waals surface area contributed by atoms with Gasteiger partial charge in [-0.1, -0.05) is 0 Å². The van der Waals surface area contributed by atoms with Crippen LogP contribution in [-0.2, 0) is 26.1 Å². The number of rotatable bonds is 6. The van der Waals surface area contributed by atoms with Gasteiger partial charge in [0.25, 0.3) is 5.91 Å². The number of aromatic nitrogens is 5. The lowest BCUT2D eigenvalue weighted by molar-refractivity contribution is 0.0681. The van der Waals surface area contributed by atoms with Crippen LogP contribution in [0.3, 0.4) is 0 Å². The van der Waals surface area contributed by atoms with Gasteiger partial charge in [0.15, 0.2) is 5.82 Å². The summed E-state index contributed by atoms with van der Waals surface area (Å²) < 4.78 is 9.50. The van der Waals surface area contributed by atoms with Crippen LogP contribution in [0.5, 0.6) is 5.75 Å². The Morgan fingerprint density at radius 3 is 2.59 bits per heavy atom. The Kier molecular flexibility index (Phi) is 6.49. The number of carbonyl (C=O) groups excluding carboxylic acids is 1. The van der Waals surface area contributed by atoms with Crippen LogP contribution in [0.2, 0.25) is 0 Å². The third-order valence-corrected chi connectivity index (χ3v) is 7.19. The van der Waals surface area contributed by atoms with Crippen LogP contribution in [0.1, 0.15) is 48.6 Å². The number of nitrogens with zero attached hydrogens (tertiary/aromatic N) is 6. The van der Waals surface area contributed by atoms with Crippen molar-refractivity contribution in [2.75, 3.05) is 20.2 Å². The van der Waals surface area contributed by atoms with E-state index >= 15 is 0 Å². The zero-order valence-corrected chi connectivity index (χ0v) is 22.1. The van der Waals surface area contributed by atoms with E-state index in [0.717, 1.165) is 41.4 Å². The summed E-state index contributed by atoms with van der Waals surface area (Å²) in [5.41, 5.74) is 2.98. The Morgan fingerprint density at radius 1 is 1.19 bits per heavy atom. The fourth-order valence-electron chi connectivity index (χ4n) is 5.13. The maximum Gasteiger partial charge on any atom is 0.257 e. The minimum Gasteiger partial charge on any atom is -0.496 e. The highest BCUT2D eigenvalue weighted by molar-refractivity contribution is 6.05. The number of hydrogen-bond donors (Lipinski definition) is 1. The van der Waals surface area contributed by atoms with E-state index in [9.17, 15) is 9.90 Å². The van der Waals surface area contributed by atoms with E-state index in [2.05, 4.69) is 21.1 Å². The van der Waals surface area contributed by atoms with Gasteiger partial charge in [-0.05, 0) is 57.2 Å². The highest BCUT2D eigenvalue weighted by Crippen LogP contribution is 2.35. The van der Waals surface area contributed by atoms with Gasteiger partial charge in [0, 0.05) is 62.8 Å². The maximum atomic E-state index is 13.7. The van der Waals surface area contributed by atoms with E-state index in [1.807, 2.05) is 58.8 Å². The number of aryl methyl sites for hydroxylation is 2. The first-order valence-electron chi connectivity index (χ1n) is 12.6. The Morgan fingerprint density at radius 2 is 1.95 bits per heavy atom. The fraction of sp³-hybridized carbons (Fsp3) is 0.429. The van der Waals surface area contributed by atoms with Crippen molar-refractivity contribution < 1.29 is 14.6 Å². The van der Waals surface area contributed by atoms with Crippen molar-refractivity contribution in [3.8, 4) is 17.0 Å². The monoisotopic (exact) mass is 502 g/mol. The molecule has 0 saturated carbocycles. The largest absolute Gasteiger partial charge is 0.496 e. The van der Waals surface area contributed by atoms with Crippen LogP contribution in [0.15, 0.2) is 42.9 Å². The second-order valence-corrected chi connectivity index (χ2v) is 10.5. The summed E-state index contributed by atoms with van der Waals surface area (Å²) in [5.74, 6) is 1.40. The molecule has 0 aliphatic carbocycles. The number of likely N-dealkylation sites (tertiary alicyclic amines) is 1. The molecule has 0 spiro atoms. The highest BCUT2D eigenvalue weighted by atomic mass is 16.5. The topological polar surface area (TPSA) is 98.3 Å². The summed E-state index contributed by atoms with van der Waals surface area (Å²) in [6, 6.07) is 7.72. The molecule has 5 rings (SSSR count). The first kappa shape index (κ1) is 25.0. The molecule has 1 aromatic carbocycles. The number of methoxy groups -OCH3 is 1. The highest BCUT2D eigenvalue weighted by Gasteiger charge is 2.28. The molecule has 37 heavy (non-hydrogen) atoms. The minimum absolute atomic E-state index is 0.0234. The predicted octanol–water partition coefficient (Wildman–Crippen LogP) is 3.70. The van der Waals surface area contributed by atoms with Crippen LogP contribution in [0.25, 0.3) is 22.2 Å². The van der Waals surface area contributed by atoms with Gasteiger partial charge in [0.05, 0.1) is 29.6 Å². The minimum atomic E-state index is -1.16. The molecule has 4 heterocycles. The van der Waals surface area contributed by atoms with E-state index in [4.69, 9.17) is 4.74 Å². The van der Waals surface area contributed by atoms with E-state index in [-0.39, 0.29) is 5.91 Å². The lowest BCUT2D eigenvalue weighted by Crippen LogP contribution is -2.39. The van der Waals surface area contributed by atoms with Crippen molar-refractivity contribution in [2.24, 2.45) is 20.0 Å². The number of amides is 1. The molecule has 4 aromatic rings. The van der Waals surface area contributed by atoms with Gasteiger partial charge in [-0.3, -0.25) is 9.48 Å². The van der Waals surface area contributed by atoms with Gasteiger partial charge in [0.1, 0.15) is 11.4 Å². The Bertz CT molecular complexity index is 1440. The Hall–Kier alpha value is -3.72. The first-order chi connectivity index (χ1) is 17.6. The van der Waals surface area contributed by atoms with Crippen molar-refractivity contribution in [3.05, 3.63) is 59.9 Å². The fourth-order valence-corrected chi connectivity index (χ4v) is 5.13. The molecule has 0 radical (unpaired) electrons. The molecule has 1 saturated heterocycles. The standard InChI is InChI=1S/C28H34N6O3/c1-28(2,36)27-29-10-6-23(30-27)22-17-32(3)24-16-25(37-5)21(15-20(22)24)26(35)34-12-7-18(8-13-34)14-19-9-11-33(4)31-19/h6,9-11,15-18,36H,7-8,12-14H2,1-5H3. The first-order valence-corrected chi connectivity index (χ1v) is 12.6. The van der Waals surface area contributed by atoms with Crippen molar-refractivity contribution in [3.63, 3.8) is 0 Å². The average molecular weight is 503 g/mol. The summed E-state index contributed by atoms with van der Waals surface area (Å²) in [6.07, 6.45) is 8.45. The van der Waals surface area contributed by atoms with Crippen LogP contribution >= 0.6 is 0 Å². The average Bonchev–Trinajstić information content (AvgIpc) is 3.44. The second-order valence-electron chi connectivity index (χ2n) is 10.5. The van der Waals surface area contributed by atoms with Crippen molar-refractivity contribution >= 4 is 16.8 Å². The van der Waals surface area contributed by atoms with E-state index in [1.165, 1.54) is 0 Å². The Labute approximate surface area is 216 Å². The molecule has 0 unspecified atom stereocenters. The smallest absolute Gasteiger partial charge is 0.257 e. The van der Waals surface area contributed by atoms with E-state index in [1.54, 1.807) is 27.2 Å². The van der Waals surface area contributed by atoms with E-state index < -0.39 is 5.60 Å². The second kappa shape index (κ2) is 9.63. The molecule has 3 aromatic heterocycles. The number of hydrogen-bond acceptors (Lipinski definition) is 6. The molecule has 9 heteroatoms. The zero-order valence-electron chi connectivity index (χ0n) is 22.1. The van der Waals surface area contributed by atoms with Gasteiger partial charge in [-0.25, -0.2) is 9.97 Å². The van der Waals surface area contributed by atoms with E-state index in [0.29, 0.717) is 41.8 Å². The molecular weight excluding hydrogens is 468 g/mol. The Balaban J connectivity index is 1.43. The van der Waals surface area contributed by atoms with Crippen LogP contribution in [0, 0.1) is 5.92 Å². The summed E-state index contributed by atoms with van der Waals surface area (Å²) in [6.45, 7) is 4.74. The number of ether oxygens (including phenoxy) is 1. The number of benzene rings is 1. The van der Waals surface area contributed by atoms with Crippen LogP contribution < -0.4 is 4.74 Å². The zero-order chi connectivity index (χ0) is 26.3. The summed E-state index contributed by atoms with van der Waals surface area (Å²) >= 11 is 0. The van der Waals surface area contributed by atoms with Crippen LogP contribution in [0.4, 0.5) is 0 Å². The molecule has 0 bridgehead atoms. The molecular formula is C28H34N6O3. The number of piperidine rings is 1. The van der Waals surface area contributed by atoms with Gasteiger partial charge < -0.3 is 19.3 Å². The molecule has 0 atom stereocenters. The molecule has 1 amide bonds. The van der Waals surface area contributed by atoms with Gasteiger partial charge >= 0.3 is 0 Å². The van der Waals surface area contributed by atoms with Crippen LogP contribution in [-0.4, -0.2) is 60.4 Å². The number of fused-ring (bicyclic) bond motifs is 1. The normalized spacial score (nSPS) is 14.9. The van der Waals surface area contributed by atoms with Crippen molar-refractivity contribution in [1.82, 2.24) is 29.2 Å². The summed E-state index contributed by atoms with van der Waals surface area (Å²) in [5, 5.41) is 15.8. The van der Waals surface area contributed by atoms with Gasteiger partial charge in [0.2, 0.25) is 0 Å². The van der Waals surface area contributed by atoms with Crippen molar-refractivity contribution in [1.29, 1.82) is 0 Å². The lowest BCUT2D eigenvalue weighted by Gasteiger charge is -2.32. The van der Waals surface area contributed by atoms with Gasteiger partial charge in [-0.2, -0.15) is 5.10 Å². The van der Waals surface area contributed by atoms with Gasteiger partial charge in [-0.15, -0.1) is 0 Å². The molecule has 9 nitrogen and oxygen atoms in total. The maximum absolute atomic E-state index is 13.7. The molecule has 194 valence electrons. The number of carbonyl (C=O) groups is 1. The third kappa shape index (κ3) is 4.96. The summed E-state index contributed by atoms with van der Waals surface area (Å²) in [7, 11) is 5.49. The molecule has 1 aliphatic heterocycles. The molecule has 1 N–H and O–H groups in total. The van der Waals surface area contributed by atoms with Crippen molar-refractivity contribution in [2.45, 2.75) is 38.7 Å². The quantitative estimate of drug-likeness (QED) is 0.432.